The topological polar surface area (TPSA) is 54.5 Å². The highest BCUT2D eigenvalue weighted by Gasteiger charge is 2.31. The second-order valence-electron chi connectivity index (χ2n) is 8.36. The summed E-state index contributed by atoms with van der Waals surface area (Å²) in [6.45, 7) is 5.76. The number of anilines is 2. The average molecular weight is 460 g/mol. The van der Waals surface area contributed by atoms with Gasteiger partial charge in [0.2, 0.25) is 0 Å². The lowest BCUT2D eigenvalue weighted by molar-refractivity contribution is 0.0735. The fourth-order valence-corrected chi connectivity index (χ4v) is 4.86. The molecule has 1 saturated carbocycles. The van der Waals surface area contributed by atoms with Crippen LogP contribution in [0.15, 0.2) is 29.2 Å². The van der Waals surface area contributed by atoms with Crippen LogP contribution in [0.3, 0.4) is 0 Å². The Bertz CT molecular complexity index is 964. The van der Waals surface area contributed by atoms with Crippen LogP contribution in [-0.2, 0) is 4.74 Å². The predicted octanol–water partition coefficient (Wildman–Crippen LogP) is 5.90. The molecule has 1 unspecified atom stereocenters. The first-order chi connectivity index (χ1) is 15.0. The molecule has 0 saturated heterocycles. The molecule has 2 aliphatic rings. The van der Waals surface area contributed by atoms with E-state index in [1.54, 1.807) is 11.8 Å². The number of nitrogens with one attached hydrogen (secondary N) is 1. The minimum Gasteiger partial charge on any atom is -0.377 e. The maximum absolute atomic E-state index is 13.9. The van der Waals surface area contributed by atoms with E-state index in [4.69, 9.17) is 21.3 Å². The smallest absolute Gasteiger partial charge is 0.262 e. The quantitative estimate of drug-likeness (QED) is 0.579. The van der Waals surface area contributed by atoms with Gasteiger partial charge in [-0.3, -0.25) is 4.79 Å². The molecule has 0 bridgehead atoms. The molecule has 1 amide bonds. The lowest BCUT2D eigenvalue weighted by Crippen LogP contribution is -2.34. The van der Waals surface area contributed by atoms with Gasteiger partial charge in [-0.25, -0.2) is 4.98 Å². The van der Waals surface area contributed by atoms with Gasteiger partial charge < -0.3 is 15.0 Å². The zero-order valence-corrected chi connectivity index (χ0v) is 20.0. The van der Waals surface area contributed by atoms with E-state index in [-0.39, 0.29) is 12.0 Å². The van der Waals surface area contributed by atoms with Gasteiger partial charge in [0.05, 0.1) is 22.4 Å². The number of amides is 1. The number of fused-ring (bicyclic) bond motifs is 1. The Labute approximate surface area is 193 Å². The summed E-state index contributed by atoms with van der Waals surface area (Å²) in [5.74, 6) is 0.939. The van der Waals surface area contributed by atoms with E-state index < -0.39 is 0 Å². The number of carbonyl (C=O) groups is 1. The summed E-state index contributed by atoms with van der Waals surface area (Å²) in [5, 5.41) is 4.04. The van der Waals surface area contributed by atoms with Crippen LogP contribution in [0.1, 0.15) is 60.1 Å². The maximum atomic E-state index is 13.9. The largest absolute Gasteiger partial charge is 0.377 e. The van der Waals surface area contributed by atoms with Crippen molar-refractivity contribution in [2.24, 2.45) is 0 Å². The summed E-state index contributed by atoms with van der Waals surface area (Å²) < 4.78 is 5.96. The van der Waals surface area contributed by atoms with E-state index in [9.17, 15) is 4.79 Å². The minimum atomic E-state index is -0.0673. The van der Waals surface area contributed by atoms with Gasteiger partial charge in [-0.1, -0.05) is 24.1 Å². The SMILES string of the molecule is CSc1cccc(N2CCCOC(C)CNc3nc(C4CCC4)c(Cl)c(C)c3C2=O)c1. The lowest BCUT2D eigenvalue weighted by atomic mass is 9.82. The molecular formula is C24H30ClN3O2S. The average Bonchev–Trinajstić information content (AvgIpc) is 2.76. The first kappa shape index (κ1) is 22.4. The fourth-order valence-electron chi connectivity index (χ4n) is 4.11. The molecule has 166 valence electrons. The number of halogens is 1. The Morgan fingerprint density at radius 1 is 1.29 bits per heavy atom. The molecule has 1 aromatic carbocycles. The molecule has 1 aliphatic carbocycles. The van der Waals surface area contributed by atoms with Crippen LogP contribution >= 0.6 is 23.4 Å². The van der Waals surface area contributed by atoms with E-state index in [0.29, 0.717) is 42.0 Å². The van der Waals surface area contributed by atoms with Crippen molar-refractivity contribution in [2.45, 2.75) is 56.4 Å². The van der Waals surface area contributed by atoms with Crippen molar-refractivity contribution in [3.63, 3.8) is 0 Å². The molecule has 1 aliphatic heterocycles. The molecule has 7 heteroatoms. The number of aromatic nitrogens is 1. The Kier molecular flexibility index (Phi) is 7.09. The van der Waals surface area contributed by atoms with E-state index in [1.165, 1.54) is 6.42 Å². The molecule has 1 aromatic heterocycles. The molecule has 0 radical (unpaired) electrons. The van der Waals surface area contributed by atoms with Crippen LogP contribution < -0.4 is 10.2 Å². The van der Waals surface area contributed by atoms with Crippen LogP contribution in [0.5, 0.6) is 0 Å². The fraction of sp³-hybridized carbons (Fsp3) is 0.500. The predicted molar refractivity (Wildman–Crippen MR) is 129 cm³/mol. The molecule has 1 atom stereocenters. The van der Waals surface area contributed by atoms with Crippen molar-refractivity contribution < 1.29 is 9.53 Å². The van der Waals surface area contributed by atoms with E-state index in [2.05, 4.69) is 17.4 Å². The number of thioether (sulfide) groups is 1. The molecule has 2 heterocycles. The van der Waals surface area contributed by atoms with Crippen molar-refractivity contribution in [1.29, 1.82) is 0 Å². The van der Waals surface area contributed by atoms with Crippen LogP contribution in [0.2, 0.25) is 5.02 Å². The van der Waals surface area contributed by atoms with Crippen LogP contribution in [0, 0.1) is 6.92 Å². The summed E-state index contributed by atoms with van der Waals surface area (Å²) in [7, 11) is 0. The van der Waals surface area contributed by atoms with Gasteiger partial charge in [0.25, 0.3) is 5.91 Å². The van der Waals surface area contributed by atoms with Gasteiger partial charge in [-0.15, -0.1) is 11.8 Å². The molecule has 4 rings (SSSR count). The molecular weight excluding hydrogens is 430 g/mol. The number of benzene rings is 1. The normalized spacial score (nSPS) is 20.5. The maximum Gasteiger partial charge on any atom is 0.262 e. The number of hydrogen-bond acceptors (Lipinski definition) is 5. The first-order valence-corrected chi connectivity index (χ1v) is 12.6. The first-order valence-electron chi connectivity index (χ1n) is 11.0. The zero-order valence-electron chi connectivity index (χ0n) is 18.4. The second kappa shape index (κ2) is 9.80. The molecule has 1 N–H and O–H groups in total. The summed E-state index contributed by atoms with van der Waals surface area (Å²) in [4.78, 5) is 21.8. The van der Waals surface area contributed by atoms with Crippen molar-refractivity contribution in [3.8, 4) is 0 Å². The van der Waals surface area contributed by atoms with Gasteiger partial charge >= 0.3 is 0 Å². The van der Waals surface area contributed by atoms with E-state index >= 15 is 0 Å². The lowest BCUT2D eigenvalue weighted by Gasteiger charge is -2.29. The Morgan fingerprint density at radius 2 is 2.10 bits per heavy atom. The second-order valence-corrected chi connectivity index (χ2v) is 9.62. The summed E-state index contributed by atoms with van der Waals surface area (Å²) in [6, 6.07) is 8.10. The Balaban J connectivity index is 1.81. The van der Waals surface area contributed by atoms with Crippen molar-refractivity contribution in [3.05, 3.63) is 46.1 Å². The summed E-state index contributed by atoms with van der Waals surface area (Å²) in [5.41, 5.74) is 3.18. The molecule has 0 spiro atoms. The zero-order chi connectivity index (χ0) is 22.0. The molecule has 1 fully saturated rings. The third kappa shape index (κ3) is 4.71. The van der Waals surface area contributed by atoms with Crippen molar-refractivity contribution in [1.82, 2.24) is 4.98 Å². The van der Waals surface area contributed by atoms with Crippen molar-refractivity contribution in [2.75, 3.05) is 36.2 Å². The third-order valence-corrected chi connectivity index (χ3v) is 7.40. The number of hydrogen-bond donors (Lipinski definition) is 1. The third-order valence-electron chi connectivity index (χ3n) is 6.20. The molecule has 31 heavy (non-hydrogen) atoms. The number of nitrogens with zero attached hydrogens (tertiary/aromatic N) is 2. The number of pyridine rings is 1. The van der Waals surface area contributed by atoms with Gasteiger partial charge in [0.15, 0.2) is 0 Å². The van der Waals surface area contributed by atoms with E-state index in [1.807, 2.05) is 37.1 Å². The highest BCUT2D eigenvalue weighted by molar-refractivity contribution is 7.98. The highest BCUT2D eigenvalue weighted by atomic mass is 35.5. The summed E-state index contributed by atoms with van der Waals surface area (Å²) in [6.07, 6.45) is 6.24. The Morgan fingerprint density at radius 3 is 2.81 bits per heavy atom. The van der Waals surface area contributed by atoms with Crippen LogP contribution in [0.4, 0.5) is 11.5 Å². The van der Waals surface area contributed by atoms with Gasteiger partial charge in [0, 0.05) is 36.2 Å². The van der Waals surface area contributed by atoms with Crippen molar-refractivity contribution >= 4 is 40.8 Å². The van der Waals surface area contributed by atoms with Crippen LogP contribution in [0.25, 0.3) is 0 Å². The standard InChI is InChI=1S/C24H30ClN3O2S/c1-15-14-26-23-20(16(2)21(25)22(27-23)17-7-4-8-17)24(29)28(11-6-12-30-15)18-9-5-10-19(13-18)31-3/h5,9-10,13,15,17H,4,6-8,11-12,14H2,1-3H3,(H,26,27). The molecule has 2 aromatic rings. The highest BCUT2D eigenvalue weighted by Crippen LogP contribution is 2.42. The minimum absolute atomic E-state index is 0.0271. The van der Waals surface area contributed by atoms with Gasteiger partial charge in [-0.2, -0.15) is 0 Å². The Hall–Kier alpha value is -1.76. The number of ether oxygens (including phenoxy) is 1. The molecule has 5 nitrogen and oxygen atoms in total. The van der Waals surface area contributed by atoms with E-state index in [0.717, 1.165) is 41.1 Å². The van der Waals surface area contributed by atoms with Gasteiger partial charge in [-0.05, 0) is 63.1 Å². The monoisotopic (exact) mass is 459 g/mol. The number of carbonyl (C=O) groups excluding carboxylic acids is 1. The van der Waals surface area contributed by atoms with Gasteiger partial charge in [0.1, 0.15) is 5.82 Å². The summed E-state index contributed by atoms with van der Waals surface area (Å²) >= 11 is 8.45. The number of rotatable bonds is 3. The van der Waals surface area contributed by atoms with Crippen LogP contribution in [-0.4, -0.2) is 42.9 Å².